The summed E-state index contributed by atoms with van der Waals surface area (Å²) in [6.45, 7) is 5.71. The zero-order chi connectivity index (χ0) is 14.7. The Kier molecular flexibility index (Phi) is 4.57. The van der Waals surface area contributed by atoms with Crippen molar-refractivity contribution < 1.29 is 13.2 Å². The van der Waals surface area contributed by atoms with Crippen molar-refractivity contribution in [3.63, 3.8) is 0 Å². The van der Waals surface area contributed by atoms with Gasteiger partial charge in [-0.3, -0.25) is 9.52 Å². The SMILES string of the molecule is CCC(C)(C)C(=O)Nc1ccc(NS(C)(=O)=O)cc1. The number of hydrogen-bond acceptors (Lipinski definition) is 3. The normalized spacial score (nSPS) is 12.0. The summed E-state index contributed by atoms with van der Waals surface area (Å²) < 4.78 is 24.5. The maximum atomic E-state index is 12.0. The first-order chi connectivity index (χ1) is 8.64. The monoisotopic (exact) mass is 284 g/mol. The second-order valence-corrected chi connectivity index (χ2v) is 6.89. The Hall–Kier alpha value is -1.56. The summed E-state index contributed by atoms with van der Waals surface area (Å²) in [4.78, 5) is 12.0. The summed E-state index contributed by atoms with van der Waals surface area (Å²) in [7, 11) is -3.28. The molecule has 0 aromatic heterocycles. The minimum absolute atomic E-state index is 0.0566. The minimum Gasteiger partial charge on any atom is -0.326 e. The highest BCUT2D eigenvalue weighted by atomic mass is 32.2. The number of hydrogen-bond donors (Lipinski definition) is 2. The van der Waals surface area contributed by atoms with Crippen molar-refractivity contribution in [2.75, 3.05) is 16.3 Å². The lowest BCUT2D eigenvalue weighted by atomic mass is 9.89. The van der Waals surface area contributed by atoms with Crippen molar-refractivity contribution in [2.45, 2.75) is 27.2 Å². The lowest BCUT2D eigenvalue weighted by Crippen LogP contribution is -2.29. The van der Waals surface area contributed by atoms with Crippen LogP contribution < -0.4 is 10.0 Å². The van der Waals surface area contributed by atoms with Gasteiger partial charge in [-0.1, -0.05) is 20.8 Å². The molecule has 0 saturated heterocycles. The van der Waals surface area contributed by atoms with Gasteiger partial charge >= 0.3 is 0 Å². The number of nitrogens with one attached hydrogen (secondary N) is 2. The predicted molar refractivity (Wildman–Crippen MR) is 77.6 cm³/mol. The molecule has 0 atom stereocenters. The lowest BCUT2D eigenvalue weighted by molar-refractivity contribution is -0.124. The van der Waals surface area contributed by atoms with Gasteiger partial charge in [-0.25, -0.2) is 8.42 Å². The highest BCUT2D eigenvalue weighted by Crippen LogP contribution is 2.23. The molecule has 0 aliphatic carbocycles. The van der Waals surface area contributed by atoms with E-state index in [1.54, 1.807) is 24.3 Å². The first kappa shape index (κ1) is 15.5. The number of benzene rings is 1. The van der Waals surface area contributed by atoms with E-state index in [1.807, 2.05) is 20.8 Å². The van der Waals surface area contributed by atoms with Crippen LogP contribution in [0.1, 0.15) is 27.2 Å². The average molecular weight is 284 g/mol. The van der Waals surface area contributed by atoms with Gasteiger partial charge in [0, 0.05) is 16.8 Å². The molecule has 1 aromatic rings. The zero-order valence-electron chi connectivity index (χ0n) is 11.6. The lowest BCUT2D eigenvalue weighted by Gasteiger charge is -2.21. The Morgan fingerprint density at radius 3 is 2.05 bits per heavy atom. The van der Waals surface area contributed by atoms with E-state index in [4.69, 9.17) is 0 Å². The van der Waals surface area contributed by atoms with E-state index >= 15 is 0 Å². The van der Waals surface area contributed by atoms with Crippen LogP contribution in [-0.4, -0.2) is 20.6 Å². The molecule has 1 amide bonds. The highest BCUT2D eigenvalue weighted by molar-refractivity contribution is 7.92. The fraction of sp³-hybridized carbons (Fsp3) is 0.462. The van der Waals surface area contributed by atoms with E-state index in [2.05, 4.69) is 10.0 Å². The van der Waals surface area contributed by atoms with Crippen LogP contribution in [0.2, 0.25) is 0 Å². The number of rotatable bonds is 5. The van der Waals surface area contributed by atoms with E-state index in [-0.39, 0.29) is 5.91 Å². The average Bonchev–Trinajstić information content (AvgIpc) is 2.29. The van der Waals surface area contributed by atoms with Crippen LogP contribution in [0.15, 0.2) is 24.3 Å². The molecule has 0 heterocycles. The molecule has 106 valence electrons. The van der Waals surface area contributed by atoms with Crippen molar-refractivity contribution in [1.29, 1.82) is 0 Å². The van der Waals surface area contributed by atoms with Gasteiger partial charge in [0.25, 0.3) is 0 Å². The number of sulfonamides is 1. The summed E-state index contributed by atoms with van der Waals surface area (Å²) in [5.41, 5.74) is 0.685. The van der Waals surface area contributed by atoms with E-state index in [0.717, 1.165) is 12.7 Å². The maximum Gasteiger partial charge on any atom is 0.230 e. The largest absolute Gasteiger partial charge is 0.326 e. The molecule has 6 heteroatoms. The van der Waals surface area contributed by atoms with E-state index in [9.17, 15) is 13.2 Å². The van der Waals surface area contributed by atoms with Crippen molar-refractivity contribution in [2.24, 2.45) is 5.41 Å². The Morgan fingerprint density at radius 2 is 1.63 bits per heavy atom. The van der Waals surface area contributed by atoms with Gasteiger partial charge in [-0.2, -0.15) is 0 Å². The molecule has 0 spiro atoms. The van der Waals surface area contributed by atoms with Gasteiger partial charge in [-0.05, 0) is 30.7 Å². The van der Waals surface area contributed by atoms with Gasteiger partial charge in [-0.15, -0.1) is 0 Å². The molecule has 0 fully saturated rings. The summed E-state index contributed by atoms with van der Waals surface area (Å²) in [5.74, 6) is -0.0566. The van der Waals surface area contributed by atoms with Crippen molar-refractivity contribution >= 4 is 27.3 Å². The Labute approximate surface area is 114 Å². The van der Waals surface area contributed by atoms with Gasteiger partial charge in [0.05, 0.1) is 6.26 Å². The molecular formula is C13H20N2O3S. The number of carbonyl (C=O) groups is 1. The first-order valence-corrected chi connectivity index (χ1v) is 7.92. The summed E-state index contributed by atoms with van der Waals surface area (Å²) in [6.07, 6.45) is 1.83. The van der Waals surface area contributed by atoms with Crippen LogP contribution >= 0.6 is 0 Å². The molecule has 5 nitrogen and oxygen atoms in total. The van der Waals surface area contributed by atoms with Gasteiger partial charge in [0.15, 0.2) is 0 Å². The summed E-state index contributed by atoms with van der Waals surface area (Å²) >= 11 is 0. The summed E-state index contributed by atoms with van der Waals surface area (Å²) in [6, 6.07) is 6.54. The first-order valence-electron chi connectivity index (χ1n) is 6.03. The third-order valence-electron chi connectivity index (χ3n) is 2.94. The second-order valence-electron chi connectivity index (χ2n) is 5.14. The number of amides is 1. The highest BCUT2D eigenvalue weighted by Gasteiger charge is 2.25. The van der Waals surface area contributed by atoms with Crippen LogP contribution in [0.25, 0.3) is 0 Å². The van der Waals surface area contributed by atoms with E-state index < -0.39 is 15.4 Å². The standard InChI is InChI=1S/C13H20N2O3S/c1-5-13(2,3)12(16)14-10-6-8-11(9-7-10)15-19(4,17)18/h6-9,15H,5H2,1-4H3,(H,14,16). The molecule has 0 bridgehead atoms. The molecule has 0 aliphatic heterocycles. The van der Waals surface area contributed by atoms with Crippen LogP contribution in [0.4, 0.5) is 11.4 Å². The van der Waals surface area contributed by atoms with Crippen molar-refractivity contribution in [3.8, 4) is 0 Å². The van der Waals surface area contributed by atoms with Crippen LogP contribution in [-0.2, 0) is 14.8 Å². The molecular weight excluding hydrogens is 264 g/mol. The van der Waals surface area contributed by atoms with Crippen LogP contribution in [0.3, 0.4) is 0 Å². The molecule has 1 aromatic carbocycles. The summed E-state index contributed by atoms with van der Waals surface area (Å²) in [5, 5.41) is 2.81. The molecule has 1 rings (SSSR count). The van der Waals surface area contributed by atoms with Gasteiger partial charge in [0.2, 0.25) is 15.9 Å². The Balaban J connectivity index is 2.75. The second kappa shape index (κ2) is 5.61. The zero-order valence-corrected chi connectivity index (χ0v) is 12.5. The van der Waals surface area contributed by atoms with Crippen LogP contribution in [0, 0.1) is 5.41 Å². The number of anilines is 2. The Bertz CT molecular complexity index is 548. The van der Waals surface area contributed by atoms with Crippen LogP contribution in [0.5, 0.6) is 0 Å². The predicted octanol–water partition coefficient (Wildman–Crippen LogP) is 2.43. The van der Waals surface area contributed by atoms with Gasteiger partial charge < -0.3 is 5.32 Å². The maximum absolute atomic E-state index is 12.0. The Morgan fingerprint density at radius 1 is 1.16 bits per heavy atom. The molecule has 2 N–H and O–H groups in total. The minimum atomic E-state index is -3.28. The van der Waals surface area contributed by atoms with E-state index in [1.165, 1.54) is 0 Å². The topological polar surface area (TPSA) is 75.3 Å². The third-order valence-corrected chi connectivity index (χ3v) is 3.55. The number of carbonyl (C=O) groups excluding carboxylic acids is 1. The van der Waals surface area contributed by atoms with E-state index in [0.29, 0.717) is 11.4 Å². The molecule has 0 radical (unpaired) electrons. The quantitative estimate of drug-likeness (QED) is 0.872. The fourth-order valence-corrected chi connectivity index (χ4v) is 1.86. The molecule has 0 unspecified atom stereocenters. The molecule has 0 saturated carbocycles. The van der Waals surface area contributed by atoms with Crippen molar-refractivity contribution in [1.82, 2.24) is 0 Å². The third kappa shape index (κ3) is 4.90. The fourth-order valence-electron chi connectivity index (χ4n) is 1.30. The molecule has 19 heavy (non-hydrogen) atoms. The van der Waals surface area contributed by atoms with Gasteiger partial charge in [0.1, 0.15) is 0 Å². The van der Waals surface area contributed by atoms with Crippen molar-refractivity contribution in [3.05, 3.63) is 24.3 Å². The smallest absolute Gasteiger partial charge is 0.230 e. The molecule has 0 aliphatic rings.